The van der Waals surface area contributed by atoms with E-state index >= 15 is 0 Å². The molecule has 88 valence electrons. The second-order valence-corrected chi connectivity index (χ2v) is 4.27. The lowest BCUT2D eigenvalue weighted by atomic mass is 10.2. The number of hydrogen-bond donors (Lipinski definition) is 1. The van der Waals surface area contributed by atoms with Gasteiger partial charge in [-0.05, 0) is 33.2 Å². The fourth-order valence-electron chi connectivity index (χ4n) is 1.91. The number of nitrogens with one attached hydrogen (secondary N) is 1. The molecular formula is C11H22N2O2. The van der Waals surface area contributed by atoms with Gasteiger partial charge in [0.05, 0.1) is 12.6 Å². The molecule has 1 amide bonds. The first-order chi connectivity index (χ1) is 7.16. The second kappa shape index (κ2) is 6.08. The number of rotatable bonds is 5. The molecule has 0 aliphatic carbocycles. The van der Waals surface area contributed by atoms with Crippen molar-refractivity contribution in [3.63, 3.8) is 0 Å². The Morgan fingerprint density at radius 1 is 1.60 bits per heavy atom. The lowest BCUT2D eigenvalue weighted by Gasteiger charge is -2.29. The summed E-state index contributed by atoms with van der Waals surface area (Å²) >= 11 is 0. The Labute approximate surface area is 92.0 Å². The fraction of sp³-hybridized carbons (Fsp3) is 0.909. The van der Waals surface area contributed by atoms with Gasteiger partial charge in [-0.25, -0.2) is 0 Å². The van der Waals surface area contributed by atoms with E-state index in [1.54, 1.807) is 7.11 Å². The van der Waals surface area contributed by atoms with Crippen LogP contribution in [0.5, 0.6) is 0 Å². The molecule has 1 aliphatic heterocycles. The van der Waals surface area contributed by atoms with Crippen LogP contribution in [0.3, 0.4) is 0 Å². The van der Waals surface area contributed by atoms with Crippen molar-refractivity contribution >= 4 is 5.91 Å². The SMILES string of the molecule is COCCN(C(=O)C1CCCN1)C(C)C. The van der Waals surface area contributed by atoms with Crippen molar-refractivity contribution in [1.29, 1.82) is 0 Å². The number of nitrogens with zero attached hydrogens (tertiary/aromatic N) is 1. The standard InChI is InChI=1S/C11H22N2O2/c1-9(2)13(7-8-15-3)11(14)10-5-4-6-12-10/h9-10,12H,4-8H2,1-3H3. The Morgan fingerprint density at radius 3 is 2.80 bits per heavy atom. The Kier molecular flexibility index (Phi) is 5.05. The number of ether oxygens (including phenoxy) is 1. The predicted molar refractivity (Wildman–Crippen MR) is 59.7 cm³/mol. The normalized spacial score (nSPS) is 20.9. The van der Waals surface area contributed by atoms with Gasteiger partial charge in [0.25, 0.3) is 0 Å². The summed E-state index contributed by atoms with van der Waals surface area (Å²) in [6, 6.07) is 0.277. The predicted octanol–water partition coefficient (Wildman–Crippen LogP) is 0.622. The minimum atomic E-state index is 0.0317. The highest BCUT2D eigenvalue weighted by molar-refractivity contribution is 5.82. The summed E-state index contributed by atoms with van der Waals surface area (Å²) in [5.74, 6) is 0.222. The molecule has 0 radical (unpaired) electrons. The topological polar surface area (TPSA) is 41.6 Å². The maximum Gasteiger partial charge on any atom is 0.240 e. The number of hydrogen-bond acceptors (Lipinski definition) is 3. The minimum Gasteiger partial charge on any atom is -0.383 e. The number of carbonyl (C=O) groups excluding carboxylic acids is 1. The van der Waals surface area contributed by atoms with E-state index in [2.05, 4.69) is 5.32 Å². The molecule has 1 fully saturated rings. The summed E-state index contributed by atoms with van der Waals surface area (Å²) in [5, 5.41) is 3.24. The van der Waals surface area contributed by atoms with Gasteiger partial charge in [-0.3, -0.25) is 4.79 Å². The molecule has 1 atom stereocenters. The van der Waals surface area contributed by atoms with E-state index in [9.17, 15) is 4.79 Å². The van der Waals surface area contributed by atoms with Crippen LogP contribution in [0, 0.1) is 0 Å². The maximum absolute atomic E-state index is 12.1. The first-order valence-electron chi connectivity index (χ1n) is 5.69. The van der Waals surface area contributed by atoms with Gasteiger partial charge in [0.15, 0.2) is 0 Å². The molecule has 0 aromatic heterocycles. The number of amides is 1. The van der Waals surface area contributed by atoms with Crippen LogP contribution in [-0.2, 0) is 9.53 Å². The van der Waals surface area contributed by atoms with Crippen LogP contribution in [0.4, 0.5) is 0 Å². The third kappa shape index (κ3) is 3.47. The van der Waals surface area contributed by atoms with Crippen LogP contribution in [-0.4, -0.2) is 49.7 Å². The molecule has 0 aromatic carbocycles. The summed E-state index contributed by atoms with van der Waals surface area (Å²) in [4.78, 5) is 14.0. The third-order valence-corrected chi connectivity index (χ3v) is 2.80. The summed E-state index contributed by atoms with van der Waals surface area (Å²) in [5.41, 5.74) is 0. The zero-order chi connectivity index (χ0) is 11.3. The molecule has 1 unspecified atom stereocenters. The van der Waals surface area contributed by atoms with Crippen LogP contribution in [0.2, 0.25) is 0 Å². The molecule has 4 nitrogen and oxygen atoms in total. The molecule has 4 heteroatoms. The first-order valence-corrected chi connectivity index (χ1v) is 5.69. The van der Waals surface area contributed by atoms with Gasteiger partial charge < -0.3 is 15.0 Å². The zero-order valence-electron chi connectivity index (χ0n) is 9.95. The highest BCUT2D eigenvalue weighted by atomic mass is 16.5. The van der Waals surface area contributed by atoms with Crippen molar-refractivity contribution in [2.75, 3.05) is 26.8 Å². The van der Waals surface area contributed by atoms with E-state index in [1.807, 2.05) is 18.7 Å². The average molecular weight is 214 g/mol. The van der Waals surface area contributed by atoms with E-state index < -0.39 is 0 Å². The van der Waals surface area contributed by atoms with Gasteiger partial charge in [-0.2, -0.15) is 0 Å². The molecule has 0 aromatic rings. The van der Waals surface area contributed by atoms with Crippen molar-refractivity contribution in [2.45, 2.75) is 38.8 Å². The third-order valence-electron chi connectivity index (χ3n) is 2.80. The van der Waals surface area contributed by atoms with Gasteiger partial charge in [0.2, 0.25) is 5.91 Å². The van der Waals surface area contributed by atoms with Gasteiger partial charge in [-0.15, -0.1) is 0 Å². The van der Waals surface area contributed by atoms with Gasteiger partial charge in [0, 0.05) is 19.7 Å². The molecule has 0 spiro atoms. The Hall–Kier alpha value is -0.610. The zero-order valence-corrected chi connectivity index (χ0v) is 9.95. The molecule has 1 heterocycles. The van der Waals surface area contributed by atoms with Crippen molar-refractivity contribution < 1.29 is 9.53 Å². The molecule has 1 N–H and O–H groups in total. The largest absolute Gasteiger partial charge is 0.383 e. The van der Waals surface area contributed by atoms with Gasteiger partial charge in [-0.1, -0.05) is 0 Å². The summed E-state index contributed by atoms with van der Waals surface area (Å²) in [6.45, 7) is 6.35. The van der Waals surface area contributed by atoms with Crippen LogP contribution in [0.1, 0.15) is 26.7 Å². The molecular weight excluding hydrogens is 192 g/mol. The highest BCUT2D eigenvalue weighted by Gasteiger charge is 2.27. The molecule has 0 bridgehead atoms. The van der Waals surface area contributed by atoms with E-state index in [1.165, 1.54) is 0 Å². The van der Waals surface area contributed by atoms with E-state index in [0.717, 1.165) is 19.4 Å². The monoisotopic (exact) mass is 214 g/mol. The van der Waals surface area contributed by atoms with Crippen molar-refractivity contribution in [2.24, 2.45) is 0 Å². The van der Waals surface area contributed by atoms with Crippen LogP contribution in [0.15, 0.2) is 0 Å². The molecule has 15 heavy (non-hydrogen) atoms. The van der Waals surface area contributed by atoms with Crippen molar-refractivity contribution in [3.8, 4) is 0 Å². The van der Waals surface area contributed by atoms with E-state index in [4.69, 9.17) is 4.74 Å². The molecule has 1 saturated heterocycles. The average Bonchev–Trinajstić information content (AvgIpc) is 2.70. The van der Waals surface area contributed by atoms with Crippen molar-refractivity contribution in [1.82, 2.24) is 10.2 Å². The first kappa shape index (κ1) is 12.5. The highest BCUT2D eigenvalue weighted by Crippen LogP contribution is 2.10. The lowest BCUT2D eigenvalue weighted by Crippen LogP contribution is -2.47. The Balaban J connectivity index is 2.49. The van der Waals surface area contributed by atoms with E-state index in [-0.39, 0.29) is 18.0 Å². The second-order valence-electron chi connectivity index (χ2n) is 4.27. The number of methoxy groups -OCH3 is 1. The smallest absolute Gasteiger partial charge is 0.240 e. The minimum absolute atomic E-state index is 0.0317. The summed E-state index contributed by atoms with van der Waals surface area (Å²) in [7, 11) is 1.66. The lowest BCUT2D eigenvalue weighted by molar-refractivity contribution is -0.135. The van der Waals surface area contributed by atoms with Gasteiger partial charge >= 0.3 is 0 Å². The number of carbonyl (C=O) groups is 1. The van der Waals surface area contributed by atoms with Crippen LogP contribution in [0.25, 0.3) is 0 Å². The quantitative estimate of drug-likeness (QED) is 0.729. The Bertz CT molecular complexity index is 201. The fourth-order valence-corrected chi connectivity index (χ4v) is 1.91. The van der Waals surface area contributed by atoms with Crippen LogP contribution >= 0.6 is 0 Å². The molecule has 0 saturated carbocycles. The van der Waals surface area contributed by atoms with Crippen molar-refractivity contribution in [3.05, 3.63) is 0 Å². The van der Waals surface area contributed by atoms with Gasteiger partial charge in [0.1, 0.15) is 0 Å². The van der Waals surface area contributed by atoms with E-state index in [0.29, 0.717) is 13.2 Å². The molecule has 1 rings (SSSR count). The summed E-state index contributed by atoms with van der Waals surface area (Å²) < 4.78 is 5.02. The Morgan fingerprint density at radius 2 is 2.33 bits per heavy atom. The van der Waals surface area contributed by atoms with Crippen LogP contribution < -0.4 is 5.32 Å². The molecule has 1 aliphatic rings. The summed E-state index contributed by atoms with van der Waals surface area (Å²) in [6.07, 6.45) is 2.07. The maximum atomic E-state index is 12.1.